The maximum Gasteiger partial charge on any atom is 0.463 e. The fourth-order valence-corrected chi connectivity index (χ4v) is 5.56. The van der Waals surface area contributed by atoms with E-state index in [2.05, 4.69) is 25.1 Å². The van der Waals surface area contributed by atoms with Crippen LogP contribution < -0.4 is 9.05 Å². The zero-order valence-corrected chi connectivity index (χ0v) is 21.4. The molecule has 1 aliphatic rings. The van der Waals surface area contributed by atoms with Crippen LogP contribution in [0, 0.1) is 0 Å². The molecule has 182 valence electrons. The van der Waals surface area contributed by atoms with E-state index in [1.807, 2.05) is 36.4 Å². The topological polar surface area (TPSA) is 27.7 Å². The van der Waals surface area contributed by atoms with Gasteiger partial charge in [-0.1, -0.05) is 108 Å². The summed E-state index contributed by atoms with van der Waals surface area (Å²) >= 11 is 0. The molecule has 4 heteroatoms. The third-order valence-corrected chi connectivity index (χ3v) is 7.55. The van der Waals surface area contributed by atoms with Crippen molar-refractivity contribution < 1.29 is 13.6 Å². The lowest BCUT2D eigenvalue weighted by Gasteiger charge is -2.26. The van der Waals surface area contributed by atoms with E-state index in [9.17, 15) is 0 Å². The Balaban J connectivity index is 1.45. The lowest BCUT2D eigenvalue weighted by Crippen LogP contribution is -2.16. The number of unbranched alkanes of at least 4 members (excludes halogenated alkanes) is 8. The molecule has 0 saturated heterocycles. The fourth-order valence-electron chi connectivity index (χ4n) is 4.40. The van der Waals surface area contributed by atoms with E-state index in [0.717, 1.165) is 30.8 Å². The molecule has 0 aliphatic heterocycles. The van der Waals surface area contributed by atoms with Crippen LogP contribution in [0.15, 0.2) is 54.6 Å². The van der Waals surface area contributed by atoms with Crippen LogP contribution in [0.25, 0.3) is 0 Å². The molecule has 0 amide bonds. The summed E-state index contributed by atoms with van der Waals surface area (Å²) in [6.45, 7) is 2.28. The highest BCUT2D eigenvalue weighted by Gasteiger charge is 2.25. The normalized spacial score (nSPS) is 15.3. The predicted molar refractivity (Wildman–Crippen MR) is 140 cm³/mol. The standard InChI is InChI=1S/C29H43O3P/c1-2-3-4-5-6-7-8-9-12-18-26-19-17-24-29(25-26)32-33(30-27-20-13-10-14-21-27)31-28-22-15-11-16-23-28/h10,13-14,17,19-21,24-25,28H,2-9,11-12,15-16,18,22-23H2,1H3. The Morgan fingerprint density at radius 1 is 0.697 bits per heavy atom. The van der Waals surface area contributed by atoms with Gasteiger partial charge in [-0.2, -0.15) is 0 Å². The molecular weight excluding hydrogens is 427 g/mol. The minimum Gasteiger partial charge on any atom is -0.418 e. The second-order valence-corrected chi connectivity index (χ2v) is 10.3. The molecule has 33 heavy (non-hydrogen) atoms. The van der Waals surface area contributed by atoms with Crippen LogP contribution in [-0.4, -0.2) is 6.10 Å². The van der Waals surface area contributed by atoms with Crippen molar-refractivity contribution >= 4 is 8.60 Å². The van der Waals surface area contributed by atoms with Gasteiger partial charge in [-0.3, -0.25) is 4.52 Å². The lowest BCUT2D eigenvalue weighted by molar-refractivity contribution is 0.138. The molecule has 0 bridgehead atoms. The van der Waals surface area contributed by atoms with E-state index in [1.54, 1.807) is 0 Å². The highest BCUT2D eigenvalue weighted by atomic mass is 31.2. The van der Waals surface area contributed by atoms with Crippen molar-refractivity contribution in [3.63, 3.8) is 0 Å². The first-order valence-electron chi connectivity index (χ1n) is 13.3. The number of hydrogen-bond donors (Lipinski definition) is 0. The van der Waals surface area contributed by atoms with E-state index >= 15 is 0 Å². The van der Waals surface area contributed by atoms with Crippen LogP contribution in [-0.2, 0) is 10.9 Å². The van der Waals surface area contributed by atoms with Crippen LogP contribution in [0.5, 0.6) is 11.5 Å². The fraction of sp³-hybridized carbons (Fsp3) is 0.586. The van der Waals surface area contributed by atoms with Gasteiger partial charge in [-0.25, -0.2) is 0 Å². The summed E-state index contributed by atoms with van der Waals surface area (Å²) in [6, 6.07) is 18.4. The van der Waals surface area contributed by atoms with Crippen molar-refractivity contribution in [2.45, 2.75) is 109 Å². The van der Waals surface area contributed by atoms with Crippen molar-refractivity contribution in [2.24, 2.45) is 0 Å². The highest BCUT2D eigenvalue weighted by Crippen LogP contribution is 2.44. The zero-order chi connectivity index (χ0) is 23.0. The van der Waals surface area contributed by atoms with Gasteiger partial charge in [0.2, 0.25) is 0 Å². The predicted octanol–water partition coefficient (Wildman–Crippen LogP) is 9.79. The molecule has 2 aromatic rings. The van der Waals surface area contributed by atoms with Crippen molar-refractivity contribution in [3.8, 4) is 11.5 Å². The molecule has 1 aliphatic carbocycles. The molecule has 0 heterocycles. The molecule has 1 unspecified atom stereocenters. The first-order chi connectivity index (χ1) is 16.3. The van der Waals surface area contributed by atoms with Crippen LogP contribution in [0.3, 0.4) is 0 Å². The number of hydrogen-bond acceptors (Lipinski definition) is 3. The van der Waals surface area contributed by atoms with Gasteiger partial charge in [-0.15, -0.1) is 0 Å². The van der Waals surface area contributed by atoms with E-state index in [0.29, 0.717) is 0 Å². The molecule has 3 rings (SSSR count). The molecule has 0 radical (unpaired) electrons. The monoisotopic (exact) mass is 470 g/mol. The number of benzene rings is 2. The van der Waals surface area contributed by atoms with E-state index < -0.39 is 8.60 Å². The molecule has 1 fully saturated rings. The van der Waals surface area contributed by atoms with Gasteiger partial charge in [0.15, 0.2) is 0 Å². The first-order valence-corrected chi connectivity index (χ1v) is 14.4. The Bertz CT molecular complexity index is 746. The quantitative estimate of drug-likeness (QED) is 0.180. The molecule has 1 saturated carbocycles. The first kappa shape index (κ1) is 26.0. The van der Waals surface area contributed by atoms with Gasteiger partial charge < -0.3 is 9.05 Å². The Morgan fingerprint density at radius 2 is 1.33 bits per heavy atom. The second-order valence-electron chi connectivity index (χ2n) is 9.31. The average Bonchev–Trinajstić information content (AvgIpc) is 2.84. The highest BCUT2D eigenvalue weighted by molar-refractivity contribution is 7.42. The number of rotatable bonds is 16. The smallest absolute Gasteiger partial charge is 0.418 e. The molecule has 3 nitrogen and oxygen atoms in total. The Hall–Kier alpha value is -1.57. The molecule has 0 spiro atoms. The average molecular weight is 471 g/mol. The Kier molecular flexibility index (Phi) is 12.7. The summed E-state index contributed by atoms with van der Waals surface area (Å²) in [4.78, 5) is 0. The van der Waals surface area contributed by atoms with Crippen LogP contribution >= 0.6 is 8.60 Å². The number of aryl methyl sites for hydroxylation is 1. The summed E-state index contributed by atoms with van der Waals surface area (Å²) in [5.41, 5.74) is 1.34. The SMILES string of the molecule is CCCCCCCCCCCc1cccc(OP(Oc2ccccc2)OC2CCCCC2)c1. The molecule has 2 aromatic carbocycles. The van der Waals surface area contributed by atoms with Crippen molar-refractivity contribution in [1.29, 1.82) is 0 Å². The maximum atomic E-state index is 6.32. The van der Waals surface area contributed by atoms with Gasteiger partial charge in [0.25, 0.3) is 0 Å². The maximum absolute atomic E-state index is 6.32. The van der Waals surface area contributed by atoms with Crippen LogP contribution in [0.1, 0.15) is 102 Å². The summed E-state index contributed by atoms with van der Waals surface area (Å²) in [7, 11) is -1.48. The summed E-state index contributed by atoms with van der Waals surface area (Å²) in [6.07, 6.45) is 19.5. The Labute approximate surface area is 203 Å². The van der Waals surface area contributed by atoms with Crippen LogP contribution in [0.2, 0.25) is 0 Å². The van der Waals surface area contributed by atoms with E-state index in [4.69, 9.17) is 13.6 Å². The zero-order valence-electron chi connectivity index (χ0n) is 20.6. The largest absolute Gasteiger partial charge is 0.463 e. The van der Waals surface area contributed by atoms with Crippen LogP contribution in [0.4, 0.5) is 0 Å². The van der Waals surface area contributed by atoms with Gasteiger partial charge in [0, 0.05) is 0 Å². The summed E-state index contributed by atoms with van der Waals surface area (Å²) < 4.78 is 18.7. The van der Waals surface area contributed by atoms with Gasteiger partial charge >= 0.3 is 8.60 Å². The van der Waals surface area contributed by atoms with Gasteiger partial charge in [0.1, 0.15) is 11.5 Å². The third kappa shape index (κ3) is 10.9. The van der Waals surface area contributed by atoms with E-state index in [1.165, 1.54) is 82.6 Å². The van der Waals surface area contributed by atoms with Crippen molar-refractivity contribution in [1.82, 2.24) is 0 Å². The minimum atomic E-state index is -1.48. The lowest BCUT2D eigenvalue weighted by atomic mass is 9.98. The Morgan fingerprint density at radius 3 is 2.06 bits per heavy atom. The molecular formula is C29H43O3P. The summed E-state index contributed by atoms with van der Waals surface area (Å²) in [5, 5.41) is 0. The van der Waals surface area contributed by atoms with Gasteiger partial charge in [-0.05, 0) is 55.5 Å². The van der Waals surface area contributed by atoms with Gasteiger partial charge in [0.05, 0.1) is 6.10 Å². The molecule has 0 aromatic heterocycles. The van der Waals surface area contributed by atoms with Crippen molar-refractivity contribution in [3.05, 3.63) is 60.2 Å². The third-order valence-electron chi connectivity index (χ3n) is 6.36. The molecule has 0 N–H and O–H groups in total. The minimum absolute atomic E-state index is 0.235. The molecule has 1 atom stereocenters. The summed E-state index contributed by atoms with van der Waals surface area (Å²) in [5.74, 6) is 1.64. The van der Waals surface area contributed by atoms with E-state index in [-0.39, 0.29) is 6.10 Å². The van der Waals surface area contributed by atoms with Crippen molar-refractivity contribution in [2.75, 3.05) is 0 Å². The second kappa shape index (κ2) is 16.1. The number of para-hydroxylation sites is 1.